The molecule has 4 nitrogen and oxygen atoms in total. The minimum atomic E-state index is 0.753. The molecule has 2 aromatic heterocycles. The highest BCUT2D eigenvalue weighted by Crippen LogP contribution is 2.33. The van der Waals surface area contributed by atoms with Crippen LogP contribution in [0.5, 0.6) is 0 Å². The maximum absolute atomic E-state index is 5.89. The number of aromatic nitrogens is 2. The summed E-state index contributed by atoms with van der Waals surface area (Å²) in [6, 6.07) is 30.6. The lowest BCUT2D eigenvalue weighted by Crippen LogP contribution is -1.94. The van der Waals surface area contributed by atoms with Crippen molar-refractivity contribution in [3.8, 4) is 39.2 Å². The van der Waals surface area contributed by atoms with E-state index in [2.05, 4.69) is 53.5 Å². The predicted octanol–water partition coefficient (Wildman–Crippen LogP) is 6.04. The van der Waals surface area contributed by atoms with Gasteiger partial charge in [0.05, 0.1) is 0 Å². The van der Waals surface area contributed by atoms with E-state index in [1.54, 1.807) is 0 Å². The van der Waals surface area contributed by atoms with E-state index in [-0.39, 0.29) is 0 Å². The van der Waals surface area contributed by atoms with Crippen LogP contribution >= 0.6 is 0 Å². The van der Waals surface area contributed by atoms with Crippen molar-refractivity contribution >= 4 is 11.4 Å². The summed E-state index contributed by atoms with van der Waals surface area (Å²) in [7, 11) is 0. The molecule has 0 unspecified atom stereocenters. The van der Waals surface area contributed by atoms with Gasteiger partial charge in [-0.15, -0.1) is 0 Å². The Morgan fingerprint density at radius 2 is 0.968 bits per heavy atom. The van der Waals surface area contributed by atoms with Crippen molar-refractivity contribution in [2.45, 2.75) is 0 Å². The molecule has 0 fully saturated rings. The van der Waals surface area contributed by atoms with Crippen molar-refractivity contribution in [2.75, 3.05) is 11.5 Å². The molecule has 0 aliphatic carbocycles. The zero-order chi connectivity index (χ0) is 21.2. The van der Waals surface area contributed by atoms with Gasteiger partial charge in [-0.25, -0.2) is 4.98 Å². The number of nitrogens with two attached hydrogens (primary N) is 2. The van der Waals surface area contributed by atoms with E-state index in [1.807, 2.05) is 65.6 Å². The third-order valence-corrected chi connectivity index (χ3v) is 5.37. The van der Waals surface area contributed by atoms with Crippen LogP contribution in [-0.2, 0) is 0 Å². The molecule has 5 aromatic rings. The van der Waals surface area contributed by atoms with Crippen molar-refractivity contribution < 1.29 is 0 Å². The molecule has 0 saturated heterocycles. The van der Waals surface area contributed by atoms with Crippen molar-refractivity contribution in [2.24, 2.45) is 0 Å². The first kappa shape index (κ1) is 18.7. The van der Waals surface area contributed by atoms with Crippen LogP contribution in [0.15, 0.2) is 110 Å². The van der Waals surface area contributed by atoms with Crippen LogP contribution in [0.3, 0.4) is 0 Å². The van der Waals surface area contributed by atoms with Crippen LogP contribution in [0, 0.1) is 0 Å². The topological polar surface area (TPSA) is 69.9 Å². The molecule has 31 heavy (non-hydrogen) atoms. The largest absolute Gasteiger partial charge is 0.399 e. The fourth-order valence-electron chi connectivity index (χ4n) is 3.68. The summed E-state index contributed by atoms with van der Waals surface area (Å²) in [6.45, 7) is 0. The molecule has 5 rings (SSSR count). The van der Waals surface area contributed by atoms with Gasteiger partial charge in [-0.2, -0.15) is 0 Å². The van der Waals surface area contributed by atoms with E-state index in [9.17, 15) is 0 Å². The van der Waals surface area contributed by atoms with Crippen LogP contribution in [0.1, 0.15) is 0 Å². The zero-order valence-electron chi connectivity index (χ0n) is 16.9. The summed E-state index contributed by atoms with van der Waals surface area (Å²) in [5.41, 5.74) is 19.9. The molecule has 0 spiro atoms. The number of nitrogen functional groups attached to an aromatic ring is 2. The molecular formula is C27H22N4. The lowest BCUT2D eigenvalue weighted by atomic mass is 9.93. The van der Waals surface area contributed by atoms with E-state index < -0.39 is 0 Å². The maximum Gasteiger partial charge on any atom is 0.136 e. The standard InChI is InChI=1S/C27H22N4/c28-25-8-3-19(4-9-25)22-15-23(20-5-10-26(29)11-6-20)17-24(16-22)21-7-12-27(30-18-21)31-13-1-2-14-31/h1-18H,28-29H2. The predicted molar refractivity (Wildman–Crippen MR) is 129 cm³/mol. The Morgan fingerprint density at radius 3 is 1.42 bits per heavy atom. The van der Waals surface area contributed by atoms with Gasteiger partial charge in [0.15, 0.2) is 0 Å². The molecular weight excluding hydrogens is 380 g/mol. The summed E-state index contributed by atoms with van der Waals surface area (Å²) >= 11 is 0. The fraction of sp³-hybridized carbons (Fsp3) is 0. The molecule has 2 heterocycles. The second-order valence-corrected chi connectivity index (χ2v) is 7.54. The van der Waals surface area contributed by atoms with Gasteiger partial charge < -0.3 is 16.0 Å². The summed E-state index contributed by atoms with van der Waals surface area (Å²) < 4.78 is 1.99. The smallest absolute Gasteiger partial charge is 0.136 e. The van der Waals surface area contributed by atoms with Crippen LogP contribution < -0.4 is 11.5 Å². The summed E-state index contributed by atoms with van der Waals surface area (Å²) in [6.07, 6.45) is 5.90. The summed E-state index contributed by atoms with van der Waals surface area (Å²) in [5, 5.41) is 0. The van der Waals surface area contributed by atoms with Crippen LogP contribution in [0.2, 0.25) is 0 Å². The van der Waals surface area contributed by atoms with Gasteiger partial charge in [0.2, 0.25) is 0 Å². The first-order valence-corrected chi connectivity index (χ1v) is 10.1. The molecule has 0 bridgehead atoms. The van der Waals surface area contributed by atoms with Gasteiger partial charge in [0.25, 0.3) is 0 Å². The molecule has 0 radical (unpaired) electrons. The van der Waals surface area contributed by atoms with Gasteiger partial charge in [-0.3, -0.25) is 0 Å². The van der Waals surface area contributed by atoms with Crippen LogP contribution in [-0.4, -0.2) is 9.55 Å². The highest BCUT2D eigenvalue weighted by atomic mass is 15.0. The van der Waals surface area contributed by atoms with Gasteiger partial charge in [0.1, 0.15) is 5.82 Å². The molecule has 0 saturated carbocycles. The van der Waals surface area contributed by atoms with E-state index in [0.29, 0.717) is 0 Å². The third kappa shape index (κ3) is 3.91. The Kier molecular flexibility index (Phi) is 4.73. The SMILES string of the molecule is Nc1ccc(-c2cc(-c3ccc(N)cc3)cc(-c3ccc(-n4cccc4)nc3)c2)cc1. The molecule has 0 aliphatic rings. The molecule has 3 aromatic carbocycles. The van der Waals surface area contributed by atoms with Gasteiger partial charge in [-0.05, 0) is 94.5 Å². The van der Waals surface area contributed by atoms with E-state index in [4.69, 9.17) is 11.5 Å². The highest BCUT2D eigenvalue weighted by molar-refractivity contribution is 5.81. The maximum atomic E-state index is 5.89. The summed E-state index contributed by atoms with van der Waals surface area (Å²) in [5.74, 6) is 0.891. The minimum Gasteiger partial charge on any atom is -0.399 e. The number of pyridine rings is 1. The van der Waals surface area contributed by atoms with Gasteiger partial charge in [-0.1, -0.05) is 24.3 Å². The average Bonchev–Trinajstić information content (AvgIpc) is 3.35. The Hall–Kier alpha value is -4.31. The molecule has 4 N–H and O–H groups in total. The number of hydrogen-bond acceptors (Lipinski definition) is 3. The second kappa shape index (κ2) is 7.84. The van der Waals surface area contributed by atoms with Crippen molar-refractivity contribution in [1.29, 1.82) is 0 Å². The molecule has 0 atom stereocenters. The first-order valence-electron chi connectivity index (χ1n) is 10.1. The first-order chi connectivity index (χ1) is 15.2. The highest BCUT2D eigenvalue weighted by Gasteiger charge is 2.08. The lowest BCUT2D eigenvalue weighted by Gasteiger charge is -2.12. The van der Waals surface area contributed by atoms with E-state index in [1.165, 1.54) is 0 Å². The molecule has 0 amide bonds. The Morgan fingerprint density at radius 1 is 0.516 bits per heavy atom. The molecule has 0 aliphatic heterocycles. The average molecular weight is 403 g/mol. The lowest BCUT2D eigenvalue weighted by molar-refractivity contribution is 1.01. The number of nitrogens with zero attached hydrogens (tertiary/aromatic N) is 2. The number of benzene rings is 3. The number of rotatable bonds is 4. The minimum absolute atomic E-state index is 0.753. The van der Waals surface area contributed by atoms with E-state index in [0.717, 1.165) is 50.6 Å². The zero-order valence-corrected chi connectivity index (χ0v) is 16.9. The molecule has 4 heteroatoms. The second-order valence-electron chi connectivity index (χ2n) is 7.54. The van der Waals surface area contributed by atoms with Crippen molar-refractivity contribution in [3.63, 3.8) is 0 Å². The quantitative estimate of drug-likeness (QED) is 0.360. The third-order valence-electron chi connectivity index (χ3n) is 5.37. The monoisotopic (exact) mass is 402 g/mol. The van der Waals surface area contributed by atoms with Crippen molar-refractivity contribution in [1.82, 2.24) is 9.55 Å². The van der Waals surface area contributed by atoms with Crippen molar-refractivity contribution in [3.05, 3.63) is 110 Å². The fourth-order valence-corrected chi connectivity index (χ4v) is 3.68. The Bertz CT molecular complexity index is 1240. The van der Waals surface area contributed by atoms with Gasteiger partial charge >= 0.3 is 0 Å². The summed E-state index contributed by atoms with van der Waals surface area (Å²) in [4.78, 5) is 4.66. The Balaban J connectivity index is 1.61. The normalized spacial score (nSPS) is 10.8. The van der Waals surface area contributed by atoms with Gasteiger partial charge in [0, 0.05) is 35.5 Å². The Labute approximate surface area is 181 Å². The number of anilines is 2. The van der Waals surface area contributed by atoms with E-state index >= 15 is 0 Å². The van der Waals surface area contributed by atoms with Crippen LogP contribution in [0.4, 0.5) is 11.4 Å². The number of hydrogen-bond donors (Lipinski definition) is 2. The van der Waals surface area contributed by atoms with Crippen LogP contribution in [0.25, 0.3) is 39.2 Å². The molecule has 150 valence electrons.